The Morgan fingerprint density at radius 2 is 1.76 bits per heavy atom. The molecule has 1 aromatic heterocycles. The van der Waals surface area contributed by atoms with E-state index >= 15 is 0 Å². The predicted molar refractivity (Wildman–Crippen MR) is 112 cm³/mol. The predicted octanol–water partition coefficient (Wildman–Crippen LogP) is 2.04. The average molecular weight is 399 g/mol. The first-order valence-corrected chi connectivity index (χ1v) is 9.63. The molecule has 0 unspecified atom stereocenters. The highest BCUT2D eigenvalue weighted by molar-refractivity contribution is 5.76. The maximum atomic E-state index is 12.8. The fourth-order valence-corrected chi connectivity index (χ4v) is 3.93. The topological polar surface area (TPSA) is 64.0 Å². The first kappa shape index (κ1) is 20.9. The second kappa shape index (κ2) is 8.29. The number of benzene rings is 1. The van der Waals surface area contributed by atoms with Crippen molar-refractivity contribution in [3.8, 4) is 22.6 Å². The molecular formula is C22H29N3O4. The molecule has 0 bridgehead atoms. The van der Waals surface area contributed by atoms with E-state index in [1.165, 1.54) is 0 Å². The lowest BCUT2D eigenvalue weighted by Crippen LogP contribution is -2.39. The van der Waals surface area contributed by atoms with Gasteiger partial charge in [0, 0.05) is 44.4 Å². The fourth-order valence-electron chi connectivity index (χ4n) is 3.93. The Morgan fingerprint density at radius 1 is 1.14 bits per heavy atom. The van der Waals surface area contributed by atoms with Crippen LogP contribution in [0, 0.1) is 0 Å². The lowest BCUT2D eigenvalue weighted by atomic mass is 9.91. The summed E-state index contributed by atoms with van der Waals surface area (Å²) < 4.78 is 12.9. The third-order valence-electron chi connectivity index (χ3n) is 5.41. The van der Waals surface area contributed by atoms with Crippen LogP contribution in [-0.4, -0.2) is 55.1 Å². The molecule has 1 aliphatic heterocycles. The summed E-state index contributed by atoms with van der Waals surface area (Å²) in [5.41, 5.74) is 4.50. The van der Waals surface area contributed by atoms with E-state index in [2.05, 4.69) is 4.90 Å². The minimum Gasteiger partial charge on any atom is -0.496 e. The van der Waals surface area contributed by atoms with Gasteiger partial charge < -0.3 is 23.8 Å². The number of nitrogens with zero attached hydrogens (tertiary/aromatic N) is 3. The minimum absolute atomic E-state index is 0.0144. The zero-order chi connectivity index (χ0) is 21.3. The molecule has 0 fully saturated rings. The van der Waals surface area contributed by atoms with Crippen LogP contribution >= 0.6 is 0 Å². The molecule has 2 heterocycles. The Labute approximate surface area is 171 Å². The van der Waals surface area contributed by atoms with Gasteiger partial charge in [-0.1, -0.05) is 0 Å². The van der Waals surface area contributed by atoms with Gasteiger partial charge in [-0.25, -0.2) is 0 Å². The summed E-state index contributed by atoms with van der Waals surface area (Å²) in [5, 5.41) is 0. The van der Waals surface area contributed by atoms with Gasteiger partial charge in [-0.2, -0.15) is 0 Å². The first-order chi connectivity index (χ1) is 13.8. The second-order valence-corrected chi connectivity index (χ2v) is 7.70. The number of aromatic nitrogens is 1. The van der Waals surface area contributed by atoms with Crippen molar-refractivity contribution in [2.24, 2.45) is 7.05 Å². The van der Waals surface area contributed by atoms with Gasteiger partial charge in [-0.05, 0) is 43.8 Å². The van der Waals surface area contributed by atoms with Crippen LogP contribution in [0.25, 0.3) is 11.1 Å². The van der Waals surface area contributed by atoms with Crippen LogP contribution < -0.4 is 15.0 Å². The molecule has 0 saturated heterocycles. The number of hydrogen-bond acceptors (Lipinski definition) is 5. The zero-order valence-electron chi connectivity index (χ0n) is 18.0. The molecule has 2 aromatic rings. The monoisotopic (exact) mass is 399 g/mol. The van der Waals surface area contributed by atoms with E-state index in [1.54, 1.807) is 37.7 Å². The highest BCUT2D eigenvalue weighted by atomic mass is 16.5. The fraction of sp³-hybridized carbons (Fsp3) is 0.455. The van der Waals surface area contributed by atoms with Gasteiger partial charge in [0.05, 0.1) is 26.3 Å². The number of carbonyl (C=O) groups is 1. The van der Waals surface area contributed by atoms with E-state index in [4.69, 9.17) is 9.47 Å². The molecule has 7 nitrogen and oxygen atoms in total. The summed E-state index contributed by atoms with van der Waals surface area (Å²) in [6, 6.07) is 4.00. The molecule has 1 amide bonds. The molecule has 7 heteroatoms. The highest BCUT2D eigenvalue weighted by Crippen LogP contribution is 2.38. The number of aryl methyl sites for hydroxylation is 1. The molecule has 29 heavy (non-hydrogen) atoms. The average Bonchev–Trinajstić information content (AvgIpc) is 2.70. The summed E-state index contributed by atoms with van der Waals surface area (Å²) in [4.78, 5) is 28.4. The van der Waals surface area contributed by atoms with Crippen molar-refractivity contribution in [3.05, 3.63) is 45.4 Å². The number of fused-ring (bicyclic) bond motifs is 1. The van der Waals surface area contributed by atoms with E-state index in [9.17, 15) is 9.59 Å². The van der Waals surface area contributed by atoms with E-state index in [0.717, 1.165) is 33.8 Å². The van der Waals surface area contributed by atoms with Gasteiger partial charge in [0.2, 0.25) is 5.91 Å². The molecule has 0 N–H and O–H groups in total. The summed E-state index contributed by atoms with van der Waals surface area (Å²) in [6.07, 6.45) is 2.51. The Kier molecular flexibility index (Phi) is 5.98. The second-order valence-electron chi connectivity index (χ2n) is 7.70. The SMILES string of the molecule is COc1cc(-c2cn(C)c(=O)c3c2CCN(C(C)=O)C3)cc(OC)c1CN(C)C. The van der Waals surface area contributed by atoms with Crippen LogP contribution in [0.1, 0.15) is 23.6 Å². The van der Waals surface area contributed by atoms with E-state index in [-0.39, 0.29) is 11.5 Å². The van der Waals surface area contributed by atoms with E-state index < -0.39 is 0 Å². The van der Waals surface area contributed by atoms with Crippen molar-refractivity contribution in [1.29, 1.82) is 0 Å². The standard InChI is InChI=1S/C22H29N3O4/c1-14(26)25-8-7-16-17(12-24(4)22(27)18(16)13-25)15-9-20(28-5)19(11-23(2)3)21(10-15)29-6/h9-10,12H,7-8,11,13H2,1-6H3. The Bertz CT molecular complexity index is 969. The molecule has 0 aliphatic carbocycles. The van der Waals surface area contributed by atoms with Crippen molar-refractivity contribution in [2.75, 3.05) is 34.9 Å². The smallest absolute Gasteiger partial charge is 0.255 e. The Morgan fingerprint density at radius 3 is 2.28 bits per heavy atom. The number of hydrogen-bond donors (Lipinski definition) is 0. The van der Waals surface area contributed by atoms with Crippen LogP contribution in [0.5, 0.6) is 11.5 Å². The number of carbonyl (C=O) groups excluding carboxylic acids is 1. The summed E-state index contributed by atoms with van der Waals surface area (Å²) >= 11 is 0. The molecule has 0 radical (unpaired) electrons. The quantitative estimate of drug-likeness (QED) is 0.770. The van der Waals surface area contributed by atoms with Gasteiger partial charge in [0.1, 0.15) is 11.5 Å². The van der Waals surface area contributed by atoms with Crippen molar-refractivity contribution in [3.63, 3.8) is 0 Å². The molecule has 3 rings (SSSR count). The Balaban J connectivity index is 2.19. The lowest BCUT2D eigenvalue weighted by Gasteiger charge is -2.29. The van der Waals surface area contributed by atoms with Crippen LogP contribution in [0.4, 0.5) is 0 Å². The van der Waals surface area contributed by atoms with E-state index in [1.807, 2.05) is 32.4 Å². The van der Waals surface area contributed by atoms with Gasteiger partial charge >= 0.3 is 0 Å². The number of methoxy groups -OCH3 is 2. The Hall–Kier alpha value is -2.80. The number of amides is 1. The molecule has 0 atom stereocenters. The van der Waals surface area contributed by atoms with Gasteiger partial charge in [-0.15, -0.1) is 0 Å². The van der Waals surface area contributed by atoms with Gasteiger partial charge in [0.25, 0.3) is 5.56 Å². The van der Waals surface area contributed by atoms with Crippen LogP contribution in [0.15, 0.2) is 23.1 Å². The minimum atomic E-state index is -0.0575. The number of pyridine rings is 1. The van der Waals surface area contributed by atoms with Crippen molar-refractivity contribution in [2.45, 2.75) is 26.4 Å². The summed E-state index contributed by atoms with van der Waals surface area (Å²) in [7, 11) is 9.04. The van der Waals surface area contributed by atoms with Crippen LogP contribution in [-0.2, 0) is 31.4 Å². The number of ether oxygens (including phenoxy) is 2. The summed E-state index contributed by atoms with van der Waals surface area (Å²) in [6.45, 7) is 3.18. The van der Waals surface area contributed by atoms with Crippen molar-refractivity contribution >= 4 is 5.91 Å². The van der Waals surface area contributed by atoms with Crippen LogP contribution in [0.2, 0.25) is 0 Å². The van der Waals surface area contributed by atoms with Crippen molar-refractivity contribution in [1.82, 2.24) is 14.4 Å². The molecular weight excluding hydrogens is 370 g/mol. The zero-order valence-corrected chi connectivity index (χ0v) is 18.0. The van der Waals surface area contributed by atoms with Gasteiger partial charge in [0.15, 0.2) is 0 Å². The third-order valence-corrected chi connectivity index (χ3v) is 5.41. The third kappa shape index (κ3) is 4.00. The maximum Gasteiger partial charge on any atom is 0.255 e. The molecule has 1 aliphatic rings. The molecule has 0 saturated carbocycles. The van der Waals surface area contributed by atoms with Gasteiger partial charge in [-0.3, -0.25) is 9.59 Å². The first-order valence-electron chi connectivity index (χ1n) is 9.63. The normalized spacial score (nSPS) is 13.4. The van der Waals surface area contributed by atoms with E-state index in [0.29, 0.717) is 31.6 Å². The van der Waals surface area contributed by atoms with Crippen molar-refractivity contribution < 1.29 is 14.3 Å². The largest absolute Gasteiger partial charge is 0.496 e. The molecule has 1 aromatic carbocycles. The molecule has 0 spiro atoms. The summed E-state index contributed by atoms with van der Waals surface area (Å²) in [5.74, 6) is 1.48. The molecule has 156 valence electrons. The highest BCUT2D eigenvalue weighted by Gasteiger charge is 2.25. The van der Waals surface area contributed by atoms with Crippen LogP contribution in [0.3, 0.4) is 0 Å². The lowest BCUT2D eigenvalue weighted by molar-refractivity contribution is -0.129. The maximum absolute atomic E-state index is 12.8. The number of rotatable bonds is 5.